The summed E-state index contributed by atoms with van der Waals surface area (Å²) in [5, 5.41) is 14.6. The van der Waals surface area contributed by atoms with Crippen molar-refractivity contribution < 1.29 is 24.0 Å². The molecule has 1 aromatic heterocycles. The van der Waals surface area contributed by atoms with E-state index in [0.717, 1.165) is 42.5 Å². The third-order valence-corrected chi connectivity index (χ3v) is 7.37. The van der Waals surface area contributed by atoms with Crippen LogP contribution in [0.25, 0.3) is 0 Å². The van der Waals surface area contributed by atoms with Gasteiger partial charge in [0.1, 0.15) is 10.7 Å². The zero-order chi connectivity index (χ0) is 24.4. The highest BCUT2D eigenvalue weighted by molar-refractivity contribution is 7.17. The number of anilines is 2. The fourth-order valence-corrected chi connectivity index (χ4v) is 5.91. The molecule has 0 bridgehead atoms. The predicted octanol–water partition coefficient (Wildman–Crippen LogP) is 3.28. The second kappa shape index (κ2) is 9.80. The molecule has 0 radical (unpaired) electrons. The number of hydrogen-bond acceptors (Lipinski definition) is 8. The lowest BCUT2D eigenvalue weighted by molar-refractivity contribution is -0.384. The van der Waals surface area contributed by atoms with E-state index in [9.17, 15) is 24.5 Å². The highest BCUT2D eigenvalue weighted by Gasteiger charge is 2.27. The first-order chi connectivity index (χ1) is 16.2. The molecule has 3 N–H and O–H groups in total. The predicted molar refractivity (Wildman–Crippen MR) is 127 cm³/mol. The summed E-state index contributed by atoms with van der Waals surface area (Å²) in [6.07, 6.45) is 4.53. The first-order valence-electron chi connectivity index (χ1n) is 11.2. The summed E-state index contributed by atoms with van der Waals surface area (Å²) in [6.45, 7) is 2.93. The van der Waals surface area contributed by atoms with Crippen LogP contribution in [-0.2, 0) is 22.4 Å². The van der Waals surface area contributed by atoms with Crippen molar-refractivity contribution in [2.75, 3.05) is 29.9 Å². The lowest BCUT2D eigenvalue weighted by Gasteiger charge is -2.32. The van der Waals surface area contributed by atoms with Crippen molar-refractivity contribution in [3.8, 4) is 0 Å². The minimum absolute atomic E-state index is 0.0127. The van der Waals surface area contributed by atoms with Crippen molar-refractivity contribution in [3.63, 3.8) is 0 Å². The molecule has 11 heteroatoms. The van der Waals surface area contributed by atoms with E-state index in [0.29, 0.717) is 35.3 Å². The molecule has 2 amide bonds. The van der Waals surface area contributed by atoms with Gasteiger partial charge in [-0.2, -0.15) is 0 Å². The Balaban J connectivity index is 1.42. The molecule has 0 saturated carbocycles. The van der Waals surface area contributed by atoms with Crippen LogP contribution < -0.4 is 16.0 Å². The van der Waals surface area contributed by atoms with E-state index in [-0.39, 0.29) is 11.3 Å². The fourth-order valence-electron chi connectivity index (χ4n) is 4.60. The standard InChI is InChI=1S/C23H26N4O6S/c1-13-4-3-9-26(11-13)16-8-7-14(10-17(16)27(31)32)23(30)33-12-19(28)25-22-20(21(24)29)15-5-2-6-18(15)34-22/h7-8,10,13H,2-6,9,11-12H2,1H3,(H2,24,29)(H,25,28). The number of rotatable bonds is 7. The Kier molecular flexibility index (Phi) is 6.82. The minimum atomic E-state index is -0.847. The van der Waals surface area contributed by atoms with Crippen LogP contribution in [0.1, 0.15) is 57.3 Å². The van der Waals surface area contributed by atoms with E-state index in [2.05, 4.69) is 12.2 Å². The molecular weight excluding hydrogens is 460 g/mol. The summed E-state index contributed by atoms with van der Waals surface area (Å²) in [5.41, 5.74) is 6.96. The summed E-state index contributed by atoms with van der Waals surface area (Å²) in [4.78, 5) is 50.9. The monoisotopic (exact) mass is 486 g/mol. The maximum absolute atomic E-state index is 12.5. The van der Waals surface area contributed by atoms with E-state index >= 15 is 0 Å². The Bertz CT molecular complexity index is 1160. The van der Waals surface area contributed by atoms with Crippen LogP contribution in [0.2, 0.25) is 0 Å². The molecule has 10 nitrogen and oxygen atoms in total. The zero-order valence-electron chi connectivity index (χ0n) is 18.8. The second-order valence-electron chi connectivity index (χ2n) is 8.70. The van der Waals surface area contributed by atoms with Crippen molar-refractivity contribution in [1.29, 1.82) is 0 Å². The van der Waals surface area contributed by atoms with Gasteiger partial charge in [-0.1, -0.05) is 6.92 Å². The SMILES string of the molecule is CC1CCCN(c2ccc(C(=O)OCC(=O)Nc3sc4c(c3C(N)=O)CCC4)cc2[N+](=O)[O-])C1. The van der Waals surface area contributed by atoms with E-state index < -0.39 is 29.3 Å². The lowest BCUT2D eigenvalue weighted by Crippen LogP contribution is -2.34. The molecule has 0 spiro atoms. The summed E-state index contributed by atoms with van der Waals surface area (Å²) >= 11 is 1.30. The topological polar surface area (TPSA) is 145 Å². The molecule has 1 saturated heterocycles. The van der Waals surface area contributed by atoms with Gasteiger partial charge >= 0.3 is 5.97 Å². The van der Waals surface area contributed by atoms with Crippen molar-refractivity contribution >= 4 is 45.5 Å². The molecule has 1 aromatic carbocycles. The number of hydrogen-bond donors (Lipinski definition) is 2. The lowest BCUT2D eigenvalue weighted by atomic mass is 9.99. The molecule has 180 valence electrons. The summed E-state index contributed by atoms with van der Waals surface area (Å²) < 4.78 is 5.08. The Hall–Kier alpha value is -3.47. The van der Waals surface area contributed by atoms with Crippen LogP contribution in [0.15, 0.2) is 18.2 Å². The van der Waals surface area contributed by atoms with Gasteiger partial charge in [-0.05, 0) is 55.7 Å². The highest BCUT2D eigenvalue weighted by Crippen LogP contribution is 2.39. The largest absolute Gasteiger partial charge is 0.452 e. The molecule has 1 atom stereocenters. The quantitative estimate of drug-likeness (QED) is 0.347. The normalized spacial score (nSPS) is 17.2. The number of esters is 1. The highest BCUT2D eigenvalue weighted by atomic mass is 32.1. The number of thiophene rings is 1. The average molecular weight is 487 g/mol. The number of nitrogens with one attached hydrogen (secondary N) is 1. The third-order valence-electron chi connectivity index (χ3n) is 6.16. The molecule has 1 unspecified atom stereocenters. The molecule has 1 aliphatic carbocycles. The number of nitro benzene ring substituents is 1. The minimum Gasteiger partial charge on any atom is -0.452 e. The summed E-state index contributed by atoms with van der Waals surface area (Å²) in [7, 11) is 0. The molecule has 34 heavy (non-hydrogen) atoms. The van der Waals surface area contributed by atoms with Crippen LogP contribution >= 0.6 is 11.3 Å². The number of nitrogens with zero attached hydrogens (tertiary/aromatic N) is 2. The number of fused-ring (bicyclic) bond motifs is 1. The number of piperidine rings is 1. The van der Waals surface area contributed by atoms with E-state index in [4.69, 9.17) is 10.5 Å². The second-order valence-corrected chi connectivity index (χ2v) is 9.81. The number of nitrogens with two attached hydrogens (primary N) is 1. The first kappa shape index (κ1) is 23.7. The maximum Gasteiger partial charge on any atom is 0.338 e. The van der Waals surface area contributed by atoms with Crippen molar-refractivity contribution in [2.24, 2.45) is 11.7 Å². The number of benzene rings is 1. The van der Waals surface area contributed by atoms with Gasteiger partial charge in [0.25, 0.3) is 17.5 Å². The number of nitro groups is 1. The van der Waals surface area contributed by atoms with Gasteiger partial charge in [0, 0.05) is 24.0 Å². The first-order valence-corrected chi connectivity index (χ1v) is 12.0. The Morgan fingerprint density at radius 1 is 1.29 bits per heavy atom. The van der Waals surface area contributed by atoms with Gasteiger partial charge in [0.2, 0.25) is 0 Å². The molecule has 2 aromatic rings. The van der Waals surface area contributed by atoms with Crippen LogP contribution in [0.5, 0.6) is 0 Å². The Morgan fingerprint density at radius 2 is 2.09 bits per heavy atom. The van der Waals surface area contributed by atoms with Crippen LogP contribution in [-0.4, -0.2) is 42.4 Å². The van der Waals surface area contributed by atoms with Gasteiger partial charge in [-0.3, -0.25) is 19.7 Å². The molecular formula is C23H26N4O6S. The molecule has 1 fully saturated rings. The van der Waals surface area contributed by atoms with E-state index in [1.54, 1.807) is 6.07 Å². The molecule has 2 heterocycles. The van der Waals surface area contributed by atoms with Gasteiger partial charge in [-0.15, -0.1) is 11.3 Å². The molecule has 1 aliphatic heterocycles. The Labute approximate surface area is 200 Å². The number of carbonyl (C=O) groups is 3. The number of carbonyl (C=O) groups excluding carboxylic acids is 3. The number of primary amides is 1. The summed E-state index contributed by atoms with van der Waals surface area (Å²) in [5.74, 6) is -1.65. The van der Waals surface area contributed by atoms with E-state index in [1.807, 2.05) is 4.90 Å². The van der Waals surface area contributed by atoms with Crippen LogP contribution in [0.4, 0.5) is 16.4 Å². The van der Waals surface area contributed by atoms with Crippen molar-refractivity contribution in [3.05, 3.63) is 49.9 Å². The fraction of sp³-hybridized carbons (Fsp3) is 0.435. The number of aryl methyl sites for hydroxylation is 1. The smallest absolute Gasteiger partial charge is 0.338 e. The third kappa shape index (κ3) is 4.89. The van der Waals surface area contributed by atoms with Gasteiger partial charge < -0.3 is 20.7 Å². The van der Waals surface area contributed by atoms with Gasteiger partial charge in [0.15, 0.2) is 6.61 Å². The zero-order valence-corrected chi connectivity index (χ0v) is 19.6. The Morgan fingerprint density at radius 3 is 2.79 bits per heavy atom. The van der Waals surface area contributed by atoms with Gasteiger partial charge in [-0.25, -0.2) is 4.79 Å². The van der Waals surface area contributed by atoms with Crippen molar-refractivity contribution in [1.82, 2.24) is 0 Å². The maximum atomic E-state index is 12.5. The average Bonchev–Trinajstić information content (AvgIpc) is 3.37. The van der Waals surface area contributed by atoms with Crippen LogP contribution in [0.3, 0.4) is 0 Å². The van der Waals surface area contributed by atoms with Crippen molar-refractivity contribution in [2.45, 2.75) is 39.0 Å². The molecule has 2 aliphatic rings. The van der Waals surface area contributed by atoms with E-state index in [1.165, 1.54) is 23.5 Å². The molecule has 4 rings (SSSR count). The number of amides is 2. The van der Waals surface area contributed by atoms with Gasteiger partial charge in [0.05, 0.1) is 16.1 Å². The van der Waals surface area contributed by atoms with Crippen LogP contribution in [0, 0.1) is 16.0 Å². The summed E-state index contributed by atoms with van der Waals surface area (Å²) in [6, 6.07) is 4.21. The number of ether oxygens (including phenoxy) is 1.